The van der Waals surface area contributed by atoms with Crippen LogP contribution in [0.3, 0.4) is 0 Å². The molecule has 0 spiro atoms. The lowest BCUT2D eigenvalue weighted by atomic mass is 9.63. The number of rotatable bonds is 8. The quantitative estimate of drug-likeness (QED) is 0.444. The molecular formula is C32H49FN4O3. The number of aryl methyl sites for hydroxylation is 1. The van der Waals surface area contributed by atoms with Crippen molar-refractivity contribution >= 4 is 17.7 Å². The molecule has 2 heterocycles. The van der Waals surface area contributed by atoms with Crippen LogP contribution in [0.25, 0.3) is 0 Å². The second-order valence-corrected chi connectivity index (χ2v) is 13.3. The van der Waals surface area contributed by atoms with Crippen molar-refractivity contribution in [2.24, 2.45) is 17.3 Å². The highest BCUT2D eigenvalue weighted by Gasteiger charge is 2.49. The minimum atomic E-state index is -0.648. The van der Waals surface area contributed by atoms with Crippen LogP contribution in [0.1, 0.15) is 90.5 Å². The molecule has 7 nitrogen and oxygen atoms in total. The van der Waals surface area contributed by atoms with Gasteiger partial charge in [0, 0.05) is 25.2 Å². The molecule has 3 fully saturated rings. The number of carbonyl (C=O) groups excluding carboxylic acids is 3. The van der Waals surface area contributed by atoms with Crippen LogP contribution in [-0.4, -0.2) is 60.4 Å². The van der Waals surface area contributed by atoms with E-state index in [9.17, 15) is 18.8 Å². The highest BCUT2D eigenvalue weighted by Crippen LogP contribution is 2.46. The van der Waals surface area contributed by atoms with Crippen molar-refractivity contribution in [2.45, 2.75) is 103 Å². The molecule has 40 heavy (non-hydrogen) atoms. The topological polar surface area (TPSA) is 90.5 Å². The summed E-state index contributed by atoms with van der Waals surface area (Å²) >= 11 is 0. The van der Waals surface area contributed by atoms with E-state index in [0.29, 0.717) is 51.2 Å². The van der Waals surface area contributed by atoms with Crippen molar-refractivity contribution in [3.63, 3.8) is 0 Å². The lowest BCUT2D eigenvalue weighted by Crippen LogP contribution is -2.59. The van der Waals surface area contributed by atoms with E-state index in [-0.39, 0.29) is 35.0 Å². The van der Waals surface area contributed by atoms with Crippen LogP contribution < -0.4 is 16.0 Å². The number of halogens is 1. The fraction of sp³-hybridized carbons (Fsp3) is 0.719. The first-order chi connectivity index (χ1) is 19.1. The summed E-state index contributed by atoms with van der Waals surface area (Å²) in [6.45, 7) is 8.63. The molecule has 1 aromatic rings. The molecule has 3 N–H and O–H groups in total. The third-order valence-corrected chi connectivity index (χ3v) is 9.21. The van der Waals surface area contributed by atoms with Crippen LogP contribution in [0.15, 0.2) is 24.3 Å². The van der Waals surface area contributed by atoms with Gasteiger partial charge >= 0.3 is 0 Å². The van der Waals surface area contributed by atoms with Gasteiger partial charge in [-0.1, -0.05) is 31.4 Å². The monoisotopic (exact) mass is 556 g/mol. The largest absolute Gasteiger partial charge is 0.351 e. The minimum Gasteiger partial charge on any atom is -0.351 e. The Kier molecular flexibility index (Phi) is 10.3. The molecule has 0 bridgehead atoms. The Morgan fingerprint density at radius 2 is 1.70 bits per heavy atom. The van der Waals surface area contributed by atoms with E-state index in [1.807, 2.05) is 25.7 Å². The lowest BCUT2D eigenvalue weighted by molar-refractivity contribution is -0.147. The maximum Gasteiger partial charge on any atom is 0.245 e. The van der Waals surface area contributed by atoms with Gasteiger partial charge in [0.05, 0.1) is 11.3 Å². The summed E-state index contributed by atoms with van der Waals surface area (Å²) in [5.41, 5.74) is 0.169. The van der Waals surface area contributed by atoms with Gasteiger partial charge in [-0.3, -0.25) is 14.4 Å². The predicted molar refractivity (Wildman–Crippen MR) is 155 cm³/mol. The van der Waals surface area contributed by atoms with Gasteiger partial charge in [-0.15, -0.1) is 0 Å². The molecule has 2 saturated heterocycles. The predicted octanol–water partition coefficient (Wildman–Crippen LogP) is 4.35. The van der Waals surface area contributed by atoms with Crippen LogP contribution in [0.2, 0.25) is 0 Å². The molecule has 2 aliphatic heterocycles. The van der Waals surface area contributed by atoms with Gasteiger partial charge in [-0.2, -0.15) is 0 Å². The van der Waals surface area contributed by atoms with Gasteiger partial charge in [0.25, 0.3) is 0 Å². The Bertz CT molecular complexity index is 1000. The van der Waals surface area contributed by atoms with Gasteiger partial charge < -0.3 is 20.9 Å². The van der Waals surface area contributed by atoms with E-state index < -0.39 is 11.5 Å². The zero-order valence-corrected chi connectivity index (χ0v) is 24.7. The molecule has 3 aliphatic rings. The first-order valence-corrected chi connectivity index (χ1v) is 15.4. The summed E-state index contributed by atoms with van der Waals surface area (Å²) in [6, 6.07) is 5.67. The summed E-state index contributed by atoms with van der Waals surface area (Å²) in [7, 11) is 0. The number of carbonyl (C=O) groups is 3. The van der Waals surface area contributed by atoms with Crippen LogP contribution in [0.5, 0.6) is 0 Å². The number of nitrogens with zero attached hydrogens (tertiary/aromatic N) is 1. The number of amides is 3. The number of hydrogen-bond donors (Lipinski definition) is 3. The van der Waals surface area contributed by atoms with Gasteiger partial charge in [-0.05, 0) is 102 Å². The van der Waals surface area contributed by atoms with Crippen molar-refractivity contribution in [2.75, 3.05) is 26.2 Å². The van der Waals surface area contributed by atoms with Gasteiger partial charge in [0.15, 0.2) is 0 Å². The van der Waals surface area contributed by atoms with Gasteiger partial charge in [-0.25, -0.2) is 4.39 Å². The van der Waals surface area contributed by atoms with Crippen molar-refractivity contribution in [3.05, 3.63) is 35.6 Å². The third-order valence-electron chi connectivity index (χ3n) is 9.21. The maximum absolute atomic E-state index is 13.9. The van der Waals surface area contributed by atoms with Crippen molar-refractivity contribution < 1.29 is 18.8 Å². The number of hydrogen-bond acceptors (Lipinski definition) is 4. The third kappa shape index (κ3) is 7.83. The fourth-order valence-electron chi connectivity index (χ4n) is 6.87. The average Bonchev–Trinajstić information content (AvgIpc) is 2.95. The lowest BCUT2D eigenvalue weighted by Gasteiger charge is -2.48. The Labute approximate surface area is 239 Å². The Balaban J connectivity index is 1.47. The molecule has 222 valence electrons. The van der Waals surface area contributed by atoms with E-state index in [1.54, 1.807) is 12.1 Å². The van der Waals surface area contributed by atoms with Crippen LogP contribution in [0.4, 0.5) is 4.39 Å². The molecule has 0 aromatic heterocycles. The zero-order chi connectivity index (χ0) is 28.8. The highest BCUT2D eigenvalue weighted by molar-refractivity contribution is 5.89. The minimum absolute atomic E-state index is 0.0762. The SMILES string of the molecule is CC(C)(C)NC(=O)C1(C2CCCCC2)CCN(C(=O)C(CCc2ccc(F)cc2)NC(=O)[C@@H]2CCCNC2)CC1. The fourth-order valence-corrected chi connectivity index (χ4v) is 6.87. The summed E-state index contributed by atoms with van der Waals surface area (Å²) in [6.07, 6.45) is 9.74. The van der Waals surface area contributed by atoms with E-state index in [1.165, 1.54) is 18.6 Å². The van der Waals surface area contributed by atoms with E-state index in [4.69, 9.17) is 0 Å². The molecule has 2 atom stereocenters. The number of benzene rings is 1. The Morgan fingerprint density at radius 3 is 2.30 bits per heavy atom. The van der Waals surface area contributed by atoms with Gasteiger partial charge in [0.2, 0.25) is 17.7 Å². The Hall–Kier alpha value is -2.48. The summed E-state index contributed by atoms with van der Waals surface area (Å²) < 4.78 is 13.4. The standard InChI is InChI=1S/C32H49FN4O3/c1-31(2,3)36-30(40)32(25-9-5-4-6-10-25)17-20-37(21-18-32)29(39)27(16-13-23-11-14-26(33)15-12-23)35-28(38)24-8-7-19-34-22-24/h11-12,14-15,24-25,27,34H,4-10,13,16-22H2,1-3H3,(H,35,38)(H,36,40)/t24-,27?/m1/s1. The zero-order valence-electron chi connectivity index (χ0n) is 24.7. The molecule has 1 saturated carbocycles. The van der Waals surface area contributed by atoms with Crippen molar-refractivity contribution in [3.8, 4) is 0 Å². The van der Waals surface area contributed by atoms with Crippen LogP contribution in [-0.2, 0) is 20.8 Å². The van der Waals surface area contributed by atoms with E-state index in [2.05, 4.69) is 16.0 Å². The summed E-state index contributed by atoms with van der Waals surface area (Å²) in [4.78, 5) is 42.7. The molecule has 1 aromatic carbocycles. The van der Waals surface area contributed by atoms with E-state index in [0.717, 1.165) is 50.6 Å². The van der Waals surface area contributed by atoms with Crippen molar-refractivity contribution in [1.29, 1.82) is 0 Å². The highest BCUT2D eigenvalue weighted by atomic mass is 19.1. The smallest absolute Gasteiger partial charge is 0.245 e. The number of piperidine rings is 2. The first-order valence-electron chi connectivity index (χ1n) is 15.4. The first kappa shape index (κ1) is 30.5. The number of likely N-dealkylation sites (tertiary alicyclic amines) is 1. The molecule has 1 unspecified atom stereocenters. The summed E-state index contributed by atoms with van der Waals surface area (Å²) in [5.74, 6) is -0.120. The normalized spacial score (nSPS) is 22.8. The van der Waals surface area contributed by atoms with Crippen molar-refractivity contribution in [1.82, 2.24) is 20.9 Å². The molecule has 0 radical (unpaired) electrons. The second-order valence-electron chi connectivity index (χ2n) is 13.3. The maximum atomic E-state index is 13.9. The van der Waals surface area contributed by atoms with Gasteiger partial charge in [0.1, 0.15) is 11.9 Å². The molecule has 4 rings (SSSR count). The average molecular weight is 557 g/mol. The molecular weight excluding hydrogens is 507 g/mol. The molecule has 1 aliphatic carbocycles. The molecule has 8 heteroatoms. The molecule has 3 amide bonds. The Morgan fingerprint density at radius 1 is 1.02 bits per heavy atom. The van der Waals surface area contributed by atoms with E-state index >= 15 is 0 Å². The number of nitrogens with one attached hydrogen (secondary N) is 3. The second kappa shape index (κ2) is 13.5. The van der Waals surface area contributed by atoms with Crippen LogP contribution >= 0.6 is 0 Å². The summed E-state index contributed by atoms with van der Waals surface area (Å²) in [5, 5.41) is 9.63. The van der Waals surface area contributed by atoms with Crippen LogP contribution in [0, 0.1) is 23.1 Å².